The largest absolute Gasteiger partial charge is 0.351 e. The second-order valence-corrected chi connectivity index (χ2v) is 5.96. The van der Waals surface area contributed by atoms with Gasteiger partial charge in [-0.25, -0.2) is 0 Å². The van der Waals surface area contributed by atoms with Crippen molar-refractivity contribution in [1.29, 1.82) is 0 Å². The van der Waals surface area contributed by atoms with E-state index < -0.39 is 5.91 Å². The Balaban J connectivity index is 2.18. The molecule has 2 aromatic heterocycles. The van der Waals surface area contributed by atoms with Crippen LogP contribution in [-0.2, 0) is 6.54 Å². The van der Waals surface area contributed by atoms with Crippen molar-refractivity contribution in [3.05, 3.63) is 45.5 Å². The van der Waals surface area contributed by atoms with Crippen LogP contribution < -0.4 is 4.80 Å². The number of nitrogens with zero attached hydrogens (tertiary/aromatic N) is 3. The van der Waals surface area contributed by atoms with Gasteiger partial charge in [-0.1, -0.05) is 32.4 Å². The molecule has 0 atom stereocenters. The summed E-state index contributed by atoms with van der Waals surface area (Å²) in [5.41, 5.74) is 1.06. The zero-order chi connectivity index (χ0) is 14.1. The lowest BCUT2D eigenvalue weighted by Crippen LogP contribution is -2.15. The van der Waals surface area contributed by atoms with Crippen molar-refractivity contribution in [2.45, 2.75) is 13.5 Å². The summed E-state index contributed by atoms with van der Waals surface area (Å²) in [5, 5.41) is 3.52. The summed E-state index contributed by atoms with van der Waals surface area (Å²) in [6.07, 6.45) is 1.43. The summed E-state index contributed by atoms with van der Waals surface area (Å²) < 4.78 is 8.91. The van der Waals surface area contributed by atoms with Crippen LogP contribution in [0.2, 0.25) is 0 Å². The minimum Gasteiger partial charge on any atom is -0.351 e. The van der Waals surface area contributed by atoms with E-state index in [1.165, 1.54) is 23.6 Å². The number of hydrogen-bond acceptors (Lipinski definition) is 4. The average Bonchev–Trinajstić information content (AvgIpc) is 3.04. The second-order valence-electron chi connectivity index (χ2n) is 4.03. The number of amides is 1. The highest BCUT2D eigenvalue weighted by molar-refractivity contribution is 9.10. The fourth-order valence-corrected chi connectivity index (χ4v) is 3.55. The van der Waals surface area contributed by atoms with E-state index in [0.717, 1.165) is 21.2 Å². The number of thiazole rings is 1. The number of halogens is 1. The molecule has 102 valence electrons. The zero-order valence-corrected chi connectivity index (χ0v) is 12.9. The van der Waals surface area contributed by atoms with Gasteiger partial charge in [0, 0.05) is 17.1 Å². The van der Waals surface area contributed by atoms with Crippen LogP contribution in [0.5, 0.6) is 0 Å². The first kappa shape index (κ1) is 13.3. The van der Waals surface area contributed by atoms with E-state index in [2.05, 4.69) is 26.1 Å². The van der Waals surface area contributed by atoms with E-state index in [0.29, 0.717) is 4.80 Å². The quantitative estimate of drug-likeness (QED) is 0.712. The summed E-state index contributed by atoms with van der Waals surface area (Å²) >= 11 is 4.92. The summed E-state index contributed by atoms with van der Waals surface area (Å²) in [4.78, 5) is 16.8. The van der Waals surface area contributed by atoms with Crippen molar-refractivity contribution in [2.75, 3.05) is 0 Å². The summed E-state index contributed by atoms with van der Waals surface area (Å²) in [6, 6.07) is 7.51. The lowest BCUT2D eigenvalue weighted by atomic mass is 10.3. The van der Waals surface area contributed by atoms with Gasteiger partial charge in [0.25, 0.3) is 0 Å². The van der Waals surface area contributed by atoms with E-state index in [1.54, 1.807) is 0 Å². The van der Waals surface area contributed by atoms with Crippen molar-refractivity contribution < 1.29 is 9.32 Å². The number of aromatic nitrogens is 2. The number of carbonyl (C=O) groups excluding carboxylic acids is 1. The molecule has 5 nitrogen and oxygen atoms in total. The van der Waals surface area contributed by atoms with E-state index in [-0.39, 0.29) is 5.76 Å². The molecule has 0 unspecified atom stereocenters. The minimum atomic E-state index is -0.421. The molecule has 1 aromatic carbocycles. The first-order valence-corrected chi connectivity index (χ1v) is 7.58. The molecule has 0 radical (unpaired) electrons. The van der Waals surface area contributed by atoms with Crippen LogP contribution in [0.15, 0.2) is 44.5 Å². The molecule has 0 spiro atoms. The molecule has 7 heteroatoms. The molecule has 0 bridgehead atoms. The molecule has 1 amide bonds. The summed E-state index contributed by atoms with van der Waals surface area (Å²) in [7, 11) is 0. The molecule has 3 aromatic rings. The van der Waals surface area contributed by atoms with Gasteiger partial charge in [-0.3, -0.25) is 4.79 Å². The van der Waals surface area contributed by atoms with E-state index in [1.807, 2.05) is 29.7 Å². The predicted molar refractivity (Wildman–Crippen MR) is 79.6 cm³/mol. The highest BCUT2D eigenvalue weighted by Gasteiger charge is 2.11. The number of carbonyl (C=O) groups is 1. The molecule has 0 aliphatic carbocycles. The van der Waals surface area contributed by atoms with Gasteiger partial charge in [0.2, 0.25) is 5.76 Å². The van der Waals surface area contributed by atoms with Crippen LogP contribution in [0.4, 0.5) is 0 Å². The Labute approximate surface area is 126 Å². The number of rotatable bonds is 2. The van der Waals surface area contributed by atoms with Gasteiger partial charge in [-0.15, -0.1) is 0 Å². The van der Waals surface area contributed by atoms with Gasteiger partial charge < -0.3 is 9.09 Å². The van der Waals surface area contributed by atoms with Crippen LogP contribution in [-0.4, -0.2) is 15.6 Å². The lowest BCUT2D eigenvalue weighted by Gasteiger charge is -1.99. The predicted octanol–water partition coefficient (Wildman–Crippen LogP) is 3.21. The van der Waals surface area contributed by atoms with Crippen LogP contribution in [0.3, 0.4) is 0 Å². The maximum atomic E-state index is 12.0. The van der Waals surface area contributed by atoms with Gasteiger partial charge in [-0.2, -0.15) is 4.99 Å². The van der Waals surface area contributed by atoms with Gasteiger partial charge >= 0.3 is 5.91 Å². The average molecular weight is 352 g/mol. The number of aryl methyl sites for hydroxylation is 1. The third-order valence-corrected chi connectivity index (χ3v) is 4.34. The van der Waals surface area contributed by atoms with Gasteiger partial charge in [0.1, 0.15) is 0 Å². The molecule has 0 saturated heterocycles. The third kappa shape index (κ3) is 2.34. The normalized spacial score (nSPS) is 12.2. The van der Waals surface area contributed by atoms with Crippen LogP contribution in [0.25, 0.3) is 10.2 Å². The second kappa shape index (κ2) is 5.34. The van der Waals surface area contributed by atoms with Crippen molar-refractivity contribution in [2.24, 2.45) is 4.99 Å². The smallest absolute Gasteiger partial charge is 0.318 e. The molecule has 0 aliphatic heterocycles. The lowest BCUT2D eigenvalue weighted by molar-refractivity contribution is 0.0962. The Morgan fingerprint density at radius 2 is 2.35 bits per heavy atom. The van der Waals surface area contributed by atoms with Gasteiger partial charge in [-0.05, 0) is 25.1 Å². The number of hydrogen-bond donors (Lipinski definition) is 0. The zero-order valence-electron chi connectivity index (χ0n) is 10.5. The molecule has 0 N–H and O–H groups in total. The highest BCUT2D eigenvalue weighted by Crippen LogP contribution is 2.22. The summed E-state index contributed by atoms with van der Waals surface area (Å²) in [6.45, 7) is 2.76. The standard InChI is InChI=1S/C13H10BrN3O2S/c1-2-17-9-4-3-8(14)7-11(9)20-13(17)16-12(18)10-5-6-15-19-10/h3-7H,2H2,1H3. The van der Waals surface area contributed by atoms with E-state index in [4.69, 9.17) is 4.52 Å². The van der Waals surface area contributed by atoms with Crippen molar-refractivity contribution in [3.63, 3.8) is 0 Å². The third-order valence-electron chi connectivity index (χ3n) is 2.81. The molecular formula is C13H10BrN3O2S. The maximum absolute atomic E-state index is 12.0. The highest BCUT2D eigenvalue weighted by atomic mass is 79.9. The Bertz CT molecular complexity index is 833. The van der Waals surface area contributed by atoms with Crippen LogP contribution >= 0.6 is 27.3 Å². The van der Waals surface area contributed by atoms with E-state index >= 15 is 0 Å². The fraction of sp³-hybridized carbons (Fsp3) is 0.154. The topological polar surface area (TPSA) is 60.4 Å². The summed E-state index contributed by atoms with van der Waals surface area (Å²) in [5.74, 6) is -0.276. The SMILES string of the molecule is CCn1c(=NC(=O)c2ccno2)sc2cc(Br)ccc21. The van der Waals surface area contributed by atoms with Gasteiger partial charge in [0.05, 0.1) is 16.4 Å². The van der Waals surface area contributed by atoms with Crippen molar-refractivity contribution >= 4 is 43.4 Å². The van der Waals surface area contributed by atoms with Crippen LogP contribution in [0, 0.1) is 0 Å². The van der Waals surface area contributed by atoms with Gasteiger partial charge in [0.15, 0.2) is 4.80 Å². The first-order chi connectivity index (χ1) is 9.69. The molecule has 0 aliphatic rings. The van der Waals surface area contributed by atoms with Crippen molar-refractivity contribution in [1.82, 2.24) is 9.72 Å². The number of benzene rings is 1. The molecule has 2 heterocycles. The molecular weight excluding hydrogens is 342 g/mol. The Hall–Kier alpha value is -1.73. The van der Waals surface area contributed by atoms with E-state index in [9.17, 15) is 4.79 Å². The Morgan fingerprint density at radius 1 is 1.50 bits per heavy atom. The molecule has 3 rings (SSSR count). The molecule has 0 fully saturated rings. The van der Waals surface area contributed by atoms with Crippen molar-refractivity contribution in [3.8, 4) is 0 Å². The molecule has 0 saturated carbocycles. The fourth-order valence-electron chi connectivity index (χ4n) is 1.91. The molecule has 20 heavy (non-hydrogen) atoms. The number of fused-ring (bicyclic) bond motifs is 1. The Morgan fingerprint density at radius 3 is 3.05 bits per heavy atom. The Kier molecular flexibility index (Phi) is 3.54. The minimum absolute atomic E-state index is 0.145. The van der Waals surface area contributed by atoms with Crippen LogP contribution in [0.1, 0.15) is 17.5 Å². The monoisotopic (exact) mass is 351 g/mol. The first-order valence-electron chi connectivity index (χ1n) is 5.97. The maximum Gasteiger partial charge on any atom is 0.318 e.